The molecule has 0 radical (unpaired) electrons. The Morgan fingerprint density at radius 2 is 1.66 bits per heavy atom. The van der Waals surface area contributed by atoms with Crippen molar-refractivity contribution in [3.63, 3.8) is 0 Å². The van der Waals surface area contributed by atoms with Crippen molar-refractivity contribution in [2.24, 2.45) is 0 Å². The third kappa shape index (κ3) is 5.44. The van der Waals surface area contributed by atoms with Crippen molar-refractivity contribution in [2.45, 2.75) is 6.54 Å². The highest BCUT2D eigenvalue weighted by Gasteiger charge is 2.26. The number of fused-ring (bicyclic) bond motifs is 1. The van der Waals surface area contributed by atoms with Crippen LogP contribution in [0.25, 0.3) is 6.08 Å². The van der Waals surface area contributed by atoms with Crippen molar-refractivity contribution >= 4 is 23.6 Å². The zero-order valence-corrected chi connectivity index (χ0v) is 19.7. The topological polar surface area (TPSA) is 53.1 Å². The molecular formula is C29H29N3O3. The van der Waals surface area contributed by atoms with Crippen molar-refractivity contribution in [3.8, 4) is 5.75 Å². The van der Waals surface area contributed by atoms with Crippen LogP contribution in [-0.2, 0) is 11.3 Å². The highest BCUT2D eigenvalue weighted by molar-refractivity contribution is 5.98. The van der Waals surface area contributed by atoms with E-state index in [4.69, 9.17) is 4.74 Å². The van der Waals surface area contributed by atoms with E-state index in [0.717, 1.165) is 30.9 Å². The number of amides is 2. The number of anilines is 1. The molecule has 2 heterocycles. The van der Waals surface area contributed by atoms with Crippen LogP contribution in [0.3, 0.4) is 0 Å². The Hall–Kier alpha value is -3.90. The monoisotopic (exact) mass is 467 g/mol. The summed E-state index contributed by atoms with van der Waals surface area (Å²) in [4.78, 5) is 31.7. The van der Waals surface area contributed by atoms with Gasteiger partial charge in [0.2, 0.25) is 0 Å². The third-order valence-corrected chi connectivity index (χ3v) is 6.46. The average Bonchev–Trinajstić information content (AvgIpc) is 2.91. The van der Waals surface area contributed by atoms with Crippen molar-refractivity contribution in [2.75, 3.05) is 44.2 Å². The Kier molecular flexibility index (Phi) is 6.91. The Morgan fingerprint density at radius 3 is 2.49 bits per heavy atom. The lowest BCUT2D eigenvalue weighted by Crippen LogP contribution is -2.48. The summed E-state index contributed by atoms with van der Waals surface area (Å²) in [6.45, 7) is 4.42. The standard InChI is InChI=1S/C29H29N3O3/c33-28-22-35-27-14-5-4-13-26(27)32(28)21-24-10-6-12-25(20-24)29(34)31-18-16-30(17-19-31)15-7-11-23-8-2-1-3-9-23/h1-14,20H,15-19,21-22H2/b11-7+. The Labute approximate surface area is 206 Å². The molecule has 2 aliphatic rings. The zero-order chi connectivity index (χ0) is 24.0. The van der Waals surface area contributed by atoms with Crippen LogP contribution in [0.2, 0.25) is 0 Å². The van der Waals surface area contributed by atoms with Gasteiger partial charge in [0.05, 0.1) is 12.2 Å². The van der Waals surface area contributed by atoms with Crippen molar-refractivity contribution in [3.05, 3.63) is 102 Å². The summed E-state index contributed by atoms with van der Waals surface area (Å²) in [5.41, 5.74) is 3.54. The van der Waals surface area contributed by atoms with Gasteiger partial charge in [0.25, 0.3) is 11.8 Å². The molecule has 0 bridgehead atoms. The predicted octanol–water partition coefficient (Wildman–Crippen LogP) is 4.08. The summed E-state index contributed by atoms with van der Waals surface area (Å²) in [5, 5.41) is 0. The van der Waals surface area contributed by atoms with E-state index < -0.39 is 0 Å². The number of rotatable bonds is 6. The van der Waals surface area contributed by atoms with E-state index in [1.807, 2.05) is 71.6 Å². The predicted molar refractivity (Wildman–Crippen MR) is 137 cm³/mol. The number of carbonyl (C=O) groups is 2. The van der Waals surface area contributed by atoms with Crippen LogP contribution < -0.4 is 9.64 Å². The zero-order valence-electron chi connectivity index (χ0n) is 19.7. The van der Waals surface area contributed by atoms with Gasteiger partial charge in [-0.1, -0.05) is 66.7 Å². The van der Waals surface area contributed by atoms with Crippen LogP contribution in [0.1, 0.15) is 21.5 Å². The fourth-order valence-corrected chi connectivity index (χ4v) is 4.53. The molecule has 0 unspecified atom stereocenters. The summed E-state index contributed by atoms with van der Waals surface area (Å²) in [7, 11) is 0. The van der Waals surface area contributed by atoms with Gasteiger partial charge < -0.3 is 14.5 Å². The molecule has 5 rings (SSSR count). The van der Waals surface area contributed by atoms with E-state index >= 15 is 0 Å². The van der Waals surface area contributed by atoms with Crippen molar-refractivity contribution < 1.29 is 14.3 Å². The number of benzene rings is 3. The van der Waals surface area contributed by atoms with Gasteiger partial charge in [-0.2, -0.15) is 0 Å². The van der Waals surface area contributed by atoms with Gasteiger partial charge in [0, 0.05) is 38.3 Å². The lowest BCUT2D eigenvalue weighted by atomic mass is 10.1. The smallest absolute Gasteiger partial charge is 0.265 e. The SMILES string of the molecule is O=C(c1cccc(CN2C(=O)COc3ccccc32)c1)N1CCN(C/C=C/c2ccccc2)CC1. The molecule has 35 heavy (non-hydrogen) atoms. The largest absolute Gasteiger partial charge is 0.482 e. The number of carbonyl (C=O) groups excluding carboxylic acids is 2. The first-order valence-corrected chi connectivity index (χ1v) is 12.0. The maximum atomic E-state index is 13.2. The minimum atomic E-state index is -0.0853. The van der Waals surface area contributed by atoms with E-state index in [0.29, 0.717) is 30.9 Å². The Bertz CT molecular complexity index is 1220. The second-order valence-electron chi connectivity index (χ2n) is 8.84. The summed E-state index contributed by atoms with van der Waals surface area (Å²) in [5.74, 6) is 0.661. The molecule has 0 atom stereocenters. The first-order chi connectivity index (χ1) is 17.2. The number of piperazine rings is 1. The van der Waals surface area contributed by atoms with E-state index in [-0.39, 0.29) is 18.4 Å². The molecule has 0 saturated carbocycles. The third-order valence-electron chi connectivity index (χ3n) is 6.46. The highest BCUT2D eigenvalue weighted by Crippen LogP contribution is 2.32. The van der Waals surface area contributed by atoms with Gasteiger partial charge in [0.15, 0.2) is 6.61 Å². The lowest BCUT2D eigenvalue weighted by molar-refractivity contribution is -0.121. The van der Waals surface area contributed by atoms with Crippen molar-refractivity contribution in [1.82, 2.24) is 9.80 Å². The first-order valence-electron chi connectivity index (χ1n) is 12.0. The molecule has 178 valence electrons. The number of hydrogen-bond donors (Lipinski definition) is 0. The van der Waals surface area contributed by atoms with E-state index in [1.54, 1.807) is 4.90 Å². The number of para-hydroxylation sites is 2. The van der Waals surface area contributed by atoms with Crippen LogP contribution in [0.15, 0.2) is 84.9 Å². The molecule has 2 aliphatic heterocycles. The fraction of sp³-hybridized carbons (Fsp3) is 0.241. The van der Waals surface area contributed by atoms with E-state index in [9.17, 15) is 9.59 Å². The number of hydrogen-bond acceptors (Lipinski definition) is 4. The van der Waals surface area contributed by atoms with Gasteiger partial charge in [-0.3, -0.25) is 14.5 Å². The molecule has 1 saturated heterocycles. The number of nitrogens with zero attached hydrogens (tertiary/aromatic N) is 3. The molecule has 0 spiro atoms. The second-order valence-corrected chi connectivity index (χ2v) is 8.84. The van der Waals surface area contributed by atoms with Gasteiger partial charge in [-0.05, 0) is 35.4 Å². The average molecular weight is 468 g/mol. The normalized spacial score (nSPS) is 16.3. The van der Waals surface area contributed by atoms with Gasteiger partial charge in [0.1, 0.15) is 5.75 Å². The summed E-state index contributed by atoms with van der Waals surface area (Å²) in [6, 6.07) is 25.4. The van der Waals surface area contributed by atoms with Crippen LogP contribution in [0, 0.1) is 0 Å². The van der Waals surface area contributed by atoms with Crippen LogP contribution in [0.4, 0.5) is 5.69 Å². The molecule has 3 aromatic carbocycles. The van der Waals surface area contributed by atoms with Crippen LogP contribution in [-0.4, -0.2) is 60.9 Å². The fourth-order valence-electron chi connectivity index (χ4n) is 4.53. The maximum Gasteiger partial charge on any atom is 0.265 e. The maximum absolute atomic E-state index is 13.2. The van der Waals surface area contributed by atoms with Crippen LogP contribution in [0.5, 0.6) is 5.75 Å². The minimum absolute atomic E-state index is 0.0282. The second kappa shape index (κ2) is 10.6. The van der Waals surface area contributed by atoms with E-state index in [1.165, 1.54) is 5.56 Å². The van der Waals surface area contributed by atoms with Crippen molar-refractivity contribution in [1.29, 1.82) is 0 Å². The highest BCUT2D eigenvalue weighted by atomic mass is 16.5. The molecule has 0 aliphatic carbocycles. The molecule has 0 N–H and O–H groups in total. The van der Waals surface area contributed by atoms with Gasteiger partial charge >= 0.3 is 0 Å². The summed E-state index contributed by atoms with van der Waals surface area (Å²) >= 11 is 0. The Balaban J connectivity index is 1.18. The minimum Gasteiger partial charge on any atom is -0.482 e. The van der Waals surface area contributed by atoms with Crippen LogP contribution >= 0.6 is 0 Å². The molecule has 0 aromatic heterocycles. The molecule has 3 aromatic rings. The molecule has 1 fully saturated rings. The molecule has 6 nitrogen and oxygen atoms in total. The quantitative estimate of drug-likeness (QED) is 0.548. The molecule has 2 amide bonds. The van der Waals surface area contributed by atoms with Gasteiger partial charge in [-0.15, -0.1) is 0 Å². The molecule has 6 heteroatoms. The number of ether oxygens (including phenoxy) is 1. The lowest BCUT2D eigenvalue weighted by Gasteiger charge is -2.34. The summed E-state index contributed by atoms with van der Waals surface area (Å²) < 4.78 is 5.54. The van der Waals surface area contributed by atoms with E-state index in [2.05, 4.69) is 29.2 Å². The van der Waals surface area contributed by atoms with Gasteiger partial charge in [-0.25, -0.2) is 0 Å². The Morgan fingerprint density at radius 1 is 0.886 bits per heavy atom. The summed E-state index contributed by atoms with van der Waals surface area (Å²) in [6.07, 6.45) is 4.32. The first kappa shape index (κ1) is 22.9. The molecular weight excluding hydrogens is 438 g/mol.